The number of benzene rings is 1. The van der Waals surface area contributed by atoms with E-state index in [0.29, 0.717) is 10.6 Å². The zero-order chi connectivity index (χ0) is 21.2. The van der Waals surface area contributed by atoms with Gasteiger partial charge in [0.15, 0.2) is 0 Å². The second-order valence-corrected chi connectivity index (χ2v) is 6.25. The second kappa shape index (κ2) is 7.67. The van der Waals surface area contributed by atoms with Gasteiger partial charge in [0.1, 0.15) is 11.8 Å². The van der Waals surface area contributed by atoms with E-state index in [4.69, 9.17) is 9.68 Å². The number of hydrazine groups is 1. The van der Waals surface area contributed by atoms with Gasteiger partial charge in [-0.15, -0.1) is 0 Å². The SMILES string of the molecule is CC(C)c1nc(C#N)c(NNC(=O)c2cccc(-n3nccc3C(F)(F)F)c2)o1. The third kappa shape index (κ3) is 4.21. The number of hydrogen-bond acceptors (Lipinski definition) is 6. The number of nitrogens with one attached hydrogen (secondary N) is 2. The van der Waals surface area contributed by atoms with E-state index < -0.39 is 17.8 Å². The van der Waals surface area contributed by atoms with Crippen molar-refractivity contribution in [1.82, 2.24) is 20.2 Å². The Bertz CT molecular complexity index is 1080. The Morgan fingerprint density at radius 3 is 2.72 bits per heavy atom. The number of hydrogen-bond donors (Lipinski definition) is 2. The summed E-state index contributed by atoms with van der Waals surface area (Å²) in [6.07, 6.45) is -3.57. The molecule has 29 heavy (non-hydrogen) atoms. The van der Waals surface area contributed by atoms with E-state index in [1.54, 1.807) is 0 Å². The van der Waals surface area contributed by atoms with Crippen molar-refractivity contribution in [2.24, 2.45) is 0 Å². The molecule has 2 N–H and O–H groups in total. The Hall–Kier alpha value is -3.81. The highest BCUT2D eigenvalue weighted by molar-refractivity contribution is 5.95. The quantitative estimate of drug-likeness (QED) is 0.629. The number of alkyl halides is 3. The van der Waals surface area contributed by atoms with Gasteiger partial charge in [-0.3, -0.25) is 15.6 Å². The molecule has 0 saturated heterocycles. The molecule has 0 atom stereocenters. The molecule has 0 bridgehead atoms. The monoisotopic (exact) mass is 404 g/mol. The van der Waals surface area contributed by atoms with E-state index in [1.165, 1.54) is 24.3 Å². The molecule has 0 unspecified atom stereocenters. The molecule has 0 aliphatic carbocycles. The van der Waals surface area contributed by atoms with Gasteiger partial charge in [-0.1, -0.05) is 19.9 Å². The van der Waals surface area contributed by atoms with Crippen LogP contribution in [0.25, 0.3) is 5.69 Å². The molecular formula is C18H15F3N6O2. The number of nitrogens with zero attached hydrogens (tertiary/aromatic N) is 4. The molecule has 1 aromatic carbocycles. The molecule has 0 aliphatic rings. The summed E-state index contributed by atoms with van der Waals surface area (Å²) in [5, 5.41) is 12.8. The number of nitriles is 1. The number of aromatic nitrogens is 3. The van der Waals surface area contributed by atoms with Crippen molar-refractivity contribution < 1.29 is 22.4 Å². The summed E-state index contributed by atoms with van der Waals surface area (Å²) in [6.45, 7) is 3.65. The van der Waals surface area contributed by atoms with Gasteiger partial charge in [-0.05, 0) is 24.3 Å². The highest BCUT2D eigenvalue weighted by atomic mass is 19.4. The predicted octanol–water partition coefficient (Wildman–Crippen LogP) is 3.63. The van der Waals surface area contributed by atoms with E-state index in [0.717, 1.165) is 12.3 Å². The second-order valence-electron chi connectivity index (χ2n) is 6.25. The van der Waals surface area contributed by atoms with Crippen molar-refractivity contribution in [3.8, 4) is 11.8 Å². The number of anilines is 1. The first-order valence-corrected chi connectivity index (χ1v) is 8.39. The van der Waals surface area contributed by atoms with Gasteiger partial charge in [-0.2, -0.15) is 23.5 Å². The number of rotatable bonds is 5. The lowest BCUT2D eigenvalue weighted by molar-refractivity contribution is -0.142. The lowest BCUT2D eigenvalue weighted by atomic mass is 10.2. The molecule has 11 heteroatoms. The number of amides is 1. The van der Waals surface area contributed by atoms with Crippen LogP contribution in [0.4, 0.5) is 19.1 Å². The Labute approximate surface area is 162 Å². The maximum absolute atomic E-state index is 13.1. The van der Waals surface area contributed by atoms with Crippen LogP contribution in [0, 0.1) is 11.3 Å². The largest absolute Gasteiger partial charge is 0.433 e. The molecular weight excluding hydrogens is 389 g/mol. The maximum Gasteiger partial charge on any atom is 0.433 e. The van der Waals surface area contributed by atoms with E-state index in [9.17, 15) is 18.0 Å². The number of carbonyl (C=O) groups excluding carboxylic acids is 1. The average Bonchev–Trinajstić information content (AvgIpc) is 3.33. The minimum atomic E-state index is -4.59. The van der Waals surface area contributed by atoms with Gasteiger partial charge in [0, 0.05) is 11.5 Å². The predicted molar refractivity (Wildman–Crippen MR) is 95.0 cm³/mol. The van der Waals surface area contributed by atoms with Crippen molar-refractivity contribution >= 4 is 11.8 Å². The molecule has 2 heterocycles. The fourth-order valence-electron chi connectivity index (χ4n) is 2.43. The van der Waals surface area contributed by atoms with Crippen LogP contribution in [0.1, 0.15) is 47.4 Å². The average molecular weight is 404 g/mol. The van der Waals surface area contributed by atoms with Crippen LogP contribution in [-0.2, 0) is 6.18 Å². The minimum absolute atomic E-state index is 0.0332. The molecule has 1 amide bonds. The Morgan fingerprint density at radius 2 is 2.07 bits per heavy atom. The van der Waals surface area contributed by atoms with Crippen LogP contribution >= 0.6 is 0 Å². The Balaban J connectivity index is 1.79. The van der Waals surface area contributed by atoms with Gasteiger partial charge < -0.3 is 4.42 Å². The summed E-state index contributed by atoms with van der Waals surface area (Å²) in [6, 6.07) is 8.18. The van der Waals surface area contributed by atoms with Crippen molar-refractivity contribution in [2.75, 3.05) is 5.43 Å². The van der Waals surface area contributed by atoms with Crippen LogP contribution in [0.3, 0.4) is 0 Å². The van der Waals surface area contributed by atoms with E-state index in [1.807, 2.05) is 19.9 Å². The molecule has 8 nitrogen and oxygen atoms in total. The van der Waals surface area contributed by atoms with Gasteiger partial charge in [0.25, 0.3) is 11.8 Å². The van der Waals surface area contributed by atoms with Crippen molar-refractivity contribution in [1.29, 1.82) is 5.26 Å². The number of halogens is 3. The summed E-state index contributed by atoms with van der Waals surface area (Å²) < 4.78 is 45.3. The van der Waals surface area contributed by atoms with Crippen molar-refractivity contribution in [3.63, 3.8) is 0 Å². The maximum atomic E-state index is 13.1. The molecule has 3 rings (SSSR count). The van der Waals surface area contributed by atoms with Gasteiger partial charge in [0.05, 0.1) is 11.9 Å². The van der Waals surface area contributed by atoms with Gasteiger partial charge in [0.2, 0.25) is 11.6 Å². The molecule has 0 fully saturated rings. The van der Waals surface area contributed by atoms with Gasteiger partial charge >= 0.3 is 6.18 Å². The van der Waals surface area contributed by atoms with Crippen LogP contribution in [0.5, 0.6) is 0 Å². The van der Waals surface area contributed by atoms with Crippen LogP contribution in [-0.4, -0.2) is 20.7 Å². The normalized spacial score (nSPS) is 11.3. The smallest absolute Gasteiger partial charge is 0.422 e. The third-order valence-corrected chi connectivity index (χ3v) is 3.82. The fourth-order valence-corrected chi connectivity index (χ4v) is 2.43. The molecule has 0 spiro atoms. The molecule has 0 radical (unpaired) electrons. The topological polar surface area (TPSA) is 109 Å². The standard InChI is InChI=1S/C18H15F3N6O2/c1-10(2)16-24-13(9-22)17(29-16)26-25-15(28)11-4-3-5-12(8-11)27-14(6-7-23-27)18(19,20)21/h3-8,10,26H,1-2H3,(H,25,28). The molecule has 2 aromatic heterocycles. The first kappa shape index (κ1) is 19.9. The molecule has 0 aliphatic heterocycles. The lowest BCUT2D eigenvalue weighted by Gasteiger charge is -2.11. The summed E-state index contributed by atoms with van der Waals surface area (Å²) in [4.78, 5) is 16.4. The summed E-state index contributed by atoms with van der Waals surface area (Å²) >= 11 is 0. The van der Waals surface area contributed by atoms with Crippen LogP contribution in [0.15, 0.2) is 40.9 Å². The van der Waals surface area contributed by atoms with E-state index >= 15 is 0 Å². The summed E-state index contributed by atoms with van der Waals surface area (Å²) in [7, 11) is 0. The Morgan fingerprint density at radius 1 is 1.31 bits per heavy atom. The zero-order valence-electron chi connectivity index (χ0n) is 15.3. The highest BCUT2D eigenvalue weighted by Crippen LogP contribution is 2.30. The van der Waals surface area contributed by atoms with Crippen LogP contribution < -0.4 is 10.9 Å². The Kier molecular flexibility index (Phi) is 5.27. The first-order chi connectivity index (χ1) is 13.7. The minimum Gasteiger partial charge on any atom is -0.422 e. The van der Waals surface area contributed by atoms with Crippen LogP contribution in [0.2, 0.25) is 0 Å². The molecule has 150 valence electrons. The van der Waals surface area contributed by atoms with Gasteiger partial charge in [-0.25, -0.2) is 9.67 Å². The fraction of sp³-hybridized carbons (Fsp3) is 0.222. The van der Waals surface area contributed by atoms with E-state index in [2.05, 4.69) is 20.9 Å². The number of carbonyl (C=O) groups is 1. The lowest BCUT2D eigenvalue weighted by Crippen LogP contribution is -2.29. The first-order valence-electron chi connectivity index (χ1n) is 8.39. The highest BCUT2D eigenvalue weighted by Gasteiger charge is 2.35. The zero-order valence-corrected chi connectivity index (χ0v) is 15.3. The third-order valence-electron chi connectivity index (χ3n) is 3.82. The molecule has 0 saturated carbocycles. The van der Waals surface area contributed by atoms with Crippen molar-refractivity contribution in [2.45, 2.75) is 25.9 Å². The van der Waals surface area contributed by atoms with Crippen molar-refractivity contribution in [3.05, 3.63) is 59.4 Å². The molecule has 3 aromatic rings. The van der Waals surface area contributed by atoms with E-state index in [-0.39, 0.29) is 28.7 Å². The summed E-state index contributed by atoms with van der Waals surface area (Å²) in [5.74, 6) is -0.438. The summed E-state index contributed by atoms with van der Waals surface area (Å²) in [5.41, 5.74) is 3.95. The number of oxazole rings is 1.